The van der Waals surface area contributed by atoms with E-state index in [1.807, 2.05) is 36.5 Å². The zero-order valence-electron chi connectivity index (χ0n) is 24.3. The van der Waals surface area contributed by atoms with Crippen LogP contribution < -0.4 is 0 Å². The van der Waals surface area contributed by atoms with Crippen LogP contribution >= 0.6 is 0 Å². The summed E-state index contributed by atoms with van der Waals surface area (Å²) in [5.41, 5.74) is 11.3. The molecule has 0 amide bonds. The van der Waals surface area contributed by atoms with E-state index in [1.54, 1.807) is 0 Å². The SMILES string of the molecule is c1ccc(-c2ccc3c(ccc4c5cc(-c6cccc(-c7cn8ccccc8n7)c6)ccc5nc(-c5ccccc5)c34)n2)cc1. The fourth-order valence-corrected chi connectivity index (χ4v) is 6.40. The summed E-state index contributed by atoms with van der Waals surface area (Å²) >= 11 is 0. The minimum atomic E-state index is 0.938. The van der Waals surface area contributed by atoms with Gasteiger partial charge in [-0.25, -0.2) is 15.0 Å². The lowest BCUT2D eigenvalue weighted by Gasteiger charge is -2.14. The molecular weight excluding hydrogens is 548 g/mol. The van der Waals surface area contributed by atoms with Gasteiger partial charge < -0.3 is 4.40 Å². The van der Waals surface area contributed by atoms with Crippen molar-refractivity contribution >= 4 is 38.2 Å². The molecule has 4 heteroatoms. The molecule has 4 nitrogen and oxygen atoms in total. The predicted molar refractivity (Wildman–Crippen MR) is 185 cm³/mol. The number of imidazole rings is 1. The molecule has 0 bridgehead atoms. The second-order valence-electron chi connectivity index (χ2n) is 11.3. The number of rotatable bonds is 4. The van der Waals surface area contributed by atoms with Gasteiger partial charge in [0.2, 0.25) is 0 Å². The van der Waals surface area contributed by atoms with E-state index in [1.165, 1.54) is 5.39 Å². The Hall–Kier alpha value is -6.13. The van der Waals surface area contributed by atoms with Crippen LogP contribution in [-0.4, -0.2) is 19.4 Å². The summed E-state index contributed by atoms with van der Waals surface area (Å²) in [5, 5.41) is 4.50. The summed E-state index contributed by atoms with van der Waals surface area (Å²) < 4.78 is 2.06. The summed E-state index contributed by atoms with van der Waals surface area (Å²) in [7, 11) is 0. The van der Waals surface area contributed by atoms with Crippen LogP contribution in [0.2, 0.25) is 0 Å². The van der Waals surface area contributed by atoms with E-state index in [-0.39, 0.29) is 0 Å². The van der Waals surface area contributed by atoms with Gasteiger partial charge in [-0.15, -0.1) is 0 Å². The topological polar surface area (TPSA) is 43.1 Å². The zero-order valence-corrected chi connectivity index (χ0v) is 24.3. The molecule has 0 aliphatic rings. The number of fused-ring (bicyclic) bond motifs is 6. The molecule has 0 saturated heterocycles. The Morgan fingerprint density at radius 2 is 1.09 bits per heavy atom. The Morgan fingerprint density at radius 1 is 0.400 bits per heavy atom. The van der Waals surface area contributed by atoms with Crippen LogP contribution in [0.25, 0.3) is 83.1 Å². The number of benzene rings is 5. The molecule has 45 heavy (non-hydrogen) atoms. The van der Waals surface area contributed by atoms with E-state index in [9.17, 15) is 0 Å². The molecule has 5 aromatic carbocycles. The van der Waals surface area contributed by atoms with Gasteiger partial charge in [-0.2, -0.15) is 0 Å². The molecule has 0 atom stereocenters. The van der Waals surface area contributed by atoms with E-state index < -0.39 is 0 Å². The Bertz CT molecular complexity index is 2500. The summed E-state index contributed by atoms with van der Waals surface area (Å²) in [6, 6.07) is 50.8. The first kappa shape index (κ1) is 25.4. The highest BCUT2D eigenvalue weighted by atomic mass is 15.0. The smallest absolute Gasteiger partial charge is 0.137 e. The summed E-state index contributed by atoms with van der Waals surface area (Å²) in [6.45, 7) is 0. The normalized spacial score (nSPS) is 11.6. The number of hydrogen-bond donors (Lipinski definition) is 0. The average molecular weight is 575 g/mol. The van der Waals surface area contributed by atoms with E-state index in [2.05, 4.69) is 126 Å². The van der Waals surface area contributed by atoms with Crippen LogP contribution in [0, 0.1) is 0 Å². The molecule has 0 aliphatic carbocycles. The van der Waals surface area contributed by atoms with Crippen molar-refractivity contribution in [2.45, 2.75) is 0 Å². The molecule has 0 radical (unpaired) electrons. The fourth-order valence-electron chi connectivity index (χ4n) is 6.40. The molecule has 0 aliphatic heterocycles. The van der Waals surface area contributed by atoms with Crippen molar-refractivity contribution in [3.63, 3.8) is 0 Å². The molecule has 9 rings (SSSR count). The van der Waals surface area contributed by atoms with Crippen LogP contribution in [-0.2, 0) is 0 Å². The van der Waals surface area contributed by atoms with Gasteiger partial charge in [0.25, 0.3) is 0 Å². The number of aromatic nitrogens is 4. The van der Waals surface area contributed by atoms with Gasteiger partial charge in [-0.05, 0) is 65.0 Å². The monoisotopic (exact) mass is 574 g/mol. The van der Waals surface area contributed by atoms with Crippen LogP contribution in [0.4, 0.5) is 0 Å². The maximum absolute atomic E-state index is 5.29. The van der Waals surface area contributed by atoms with Crippen molar-refractivity contribution in [3.8, 4) is 44.9 Å². The first-order valence-corrected chi connectivity index (χ1v) is 15.1. The van der Waals surface area contributed by atoms with Crippen LogP contribution in [0.5, 0.6) is 0 Å². The molecule has 4 aromatic heterocycles. The van der Waals surface area contributed by atoms with Crippen molar-refractivity contribution in [1.29, 1.82) is 0 Å². The number of pyridine rings is 3. The summed E-state index contributed by atoms with van der Waals surface area (Å²) in [6.07, 6.45) is 4.11. The van der Waals surface area contributed by atoms with E-state index in [0.717, 1.165) is 77.7 Å². The molecule has 0 fully saturated rings. The average Bonchev–Trinajstić information content (AvgIpc) is 3.56. The third-order valence-corrected chi connectivity index (χ3v) is 8.60. The van der Waals surface area contributed by atoms with Gasteiger partial charge in [0.1, 0.15) is 5.65 Å². The minimum absolute atomic E-state index is 0.938. The summed E-state index contributed by atoms with van der Waals surface area (Å²) in [5.74, 6) is 0. The van der Waals surface area contributed by atoms with E-state index in [0.29, 0.717) is 0 Å². The Labute approximate surface area is 259 Å². The standard InChI is InChI=1S/C41H26N4/c1-3-10-27(11-4-1)35-21-19-33-36(42-35)22-18-32-34-25-30(17-20-37(34)44-41(40(32)33)28-12-5-2-6-13-28)29-14-9-15-31(24-29)38-26-45-23-8-7-16-39(45)43-38/h1-26H. The first-order chi connectivity index (χ1) is 22.3. The third kappa shape index (κ3) is 4.35. The summed E-state index contributed by atoms with van der Waals surface area (Å²) in [4.78, 5) is 15.2. The second kappa shape index (κ2) is 10.2. The second-order valence-corrected chi connectivity index (χ2v) is 11.3. The fraction of sp³-hybridized carbons (Fsp3) is 0. The molecular formula is C41H26N4. The Kier molecular flexibility index (Phi) is 5.78. The van der Waals surface area contributed by atoms with Crippen molar-refractivity contribution in [2.75, 3.05) is 0 Å². The minimum Gasteiger partial charge on any atom is -0.306 e. The van der Waals surface area contributed by atoms with Crippen molar-refractivity contribution in [2.24, 2.45) is 0 Å². The number of hydrogen-bond acceptors (Lipinski definition) is 3. The molecule has 0 unspecified atom stereocenters. The molecule has 0 N–H and O–H groups in total. The van der Waals surface area contributed by atoms with Crippen LogP contribution in [0.1, 0.15) is 0 Å². The largest absolute Gasteiger partial charge is 0.306 e. The molecule has 4 heterocycles. The van der Waals surface area contributed by atoms with Crippen molar-refractivity contribution < 1.29 is 0 Å². The van der Waals surface area contributed by atoms with Crippen molar-refractivity contribution in [1.82, 2.24) is 19.4 Å². The molecule has 0 spiro atoms. The van der Waals surface area contributed by atoms with Gasteiger partial charge in [0, 0.05) is 45.2 Å². The highest BCUT2D eigenvalue weighted by Crippen LogP contribution is 2.39. The van der Waals surface area contributed by atoms with Gasteiger partial charge >= 0.3 is 0 Å². The van der Waals surface area contributed by atoms with E-state index >= 15 is 0 Å². The quantitative estimate of drug-likeness (QED) is 0.196. The molecule has 9 aromatic rings. The van der Waals surface area contributed by atoms with Crippen LogP contribution in [0.3, 0.4) is 0 Å². The Balaban J connectivity index is 1.25. The lowest BCUT2D eigenvalue weighted by atomic mass is 9.94. The highest BCUT2D eigenvalue weighted by molar-refractivity contribution is 6.21. The highest BCUT2D eigenvalue weighted by Gasteiger charge is 2.16. The van der Waals surface area contributed by atoms with Crippen LogP contribution in [0.15, 0.2) is 158 Å². The van der Waals surface area contributed by atoms with E-state index in [4.69, 9.17) is 15.0 Å². The molecule has 0 saturated carbocycles. The predicted octanol–water partition coefficient (Wildman–Crippen LogP) is 10.3. The Morgan fingerprint density at radius 3 is 1.93 bits per heavy atom. The first-order valence-electron chi connectivity index (χ1n) is 15.1. The maximum atomic E-state index is 5.29. The lowest BCUT2D eigenvalue weighted by molar-refractivity contribution is 1.19. The molecule has 210 valence electrons. The zero-order chi connectivity index (χ0) is 29.7. The van der Waals surface area contributed by atoms with Gasteiger partial charge in [0.05, 0.1) is 28.1 Å². The van der Waals surface area contributed by atoms with Gasteiger partial charge in [-0.3, -0.25) is 0 Å². The van der Waals surface area contributed by atoms with Gasteiger partial charge in [0.15, 0.2) is 0 Å². The van der Waals surface area contributed by atoms with Crippen molar-refractivity contribution in [3.05, 3.63) is 158 Å². The number of nitrogens with zero attached hydrogens (tertiary/aromatic N) is 4. The third-order valence-electron chi connectivity index (χ3n) is 8.60. The maximum Gasteiger partial charge on any atom is 0.137 e. The lowest BCUT2D eigenvalue weighted by Crippen LogP contribution is -1.93. The van der Waals surface area contributed by atoms with Gasteiger partial charge in [-0.1, -0.05) is 97.1 Å².